The van der Waals surface area contributed by atoms with Gasteiger partial charge in [-0.3, -0.25) is 9.10 Å². The second-order valence-corrected chi connectivity index (χ2v) is 13.5. The van der Waals surface area contributed by atoms with Crippen LogP contribution < -0.4 is 4.31 Å². The topological polar surface area (TPSA) is 89.0 Å². The van der Waals surface area contributed by atoms with E-state index in [0.29, 0.717) is 22.1 Å². The summed E-state index contributed by atoms with van der Waals surface area (Å²) in [5, 5.41) is 14.9. The van der Waals surface area contributed by atoms with Gasteiger partial charge in [-0.1, -0.05) is 36.4 Å². The Balaban J connectivity index is 1.56. The molecule has 0 fully saturated rings. The smallest absolute Gasteiger partial charge is 0.270 e. The van der Waals surface area contributed by atoms with Crippen LogP contribution in [-0.4, -0.2) is 63.2 Å². The maximum absolute atomic E-state index is 13.6. The monoisotopic (exact) mass is 554 g/mol. The molecule has 1 amide bonds. The van der Waals surface area contributed by atoms with Crippen LogP contribution in [0.15, 0.2) is 75.4 Å². The van der Waals surface area contributed by atoms with E-state index in [1.807, 2.05) is 73.0 Å². The number of thiophene rings is 1. The number of nitrogens with one attached hydrogen (secondary N) is 1. The second-order valence-electron chi connectivity index (χ2n) is 8.79. The van der Waals surface area contributed by atoms with Gasteiger partial charge in [0.15, 0.2) is 0 Å². The Hall–Kier alpha value is -3.21. The zero-order chi connectivity index (χ0) is 26.6. The lowest BCUT2D eigenvalue weighted by atomic mass is 10.1. The molecule has 7 nitrogen and oxygen atoms in total. The highest BCUT2D eigenvalue weighted by molar-refractivity contribution is 8.03. The summed E-state index contributed by atoms with van der Waals surface area (Å²) in [4.78, 5) is 18.2. The van der Waals surface area contributed by atoms with Crippen molar-refractivity contribution < 1.29 is 14.2 Å². The average molecular weight is 555 g/mol. The summed E-state index contributed by atoms with van der Waals surface area (Å²) in [6.07, 6.45) is 1.45. The number of rotatable bonds is 10. The predicted octanol–water partition coefficient (Wildman–Crippen LogP) is 5.50. The number of aryl methyl sites for hydroxylation is 1. The van der Waals surface area contributed by atoms with Gasteiger partial charge in [-0.15, -0.1) is 28.3 Å². The molecule has 2 aromatic heterocycles. The van der Waals surface area contributed by atoms with E-state index in [4.69, 9.17) is 5.21 Å². The summed E-state index contributed by atoms with van der Waals surface area (Å²) in [5.41, 5.74) is 4.01. The number of thioether (sulfide) groups is 1. The zero-order valence-electron chi connectivity index (χ0n) is 21.0. The summed E-state index contributed by atoms with van der Waals surface area (Å²) < 4.78 is 16.0. The van der Waals surface area contributed by atoms with Crippen molar-refractivity contribution in [3.63, 3.8) is 0 Å². The first-order valence-corrected chi connectivity index (χ1v) is 15.2. The van der Waals surface area contributed by atoms with Crippen LogP contribution in [0, 0.1) is 6.92 Å². The molecule has 2 unspecified atom stereocenters. The van der Waals surface area contributed by atoms with E-state index >= 15 is 0 Å². The van der Waals surface area contributed by atoms with Crippen molar-refractivity contribution in [1.29, 1.82) is 0 Å². The van der Waals surface area contributed by atoms with Crippen LogP contribution >= 0.6 is 23.1 Å². The van der Waals surface area contributed by atoms with Crippen molar-refractivity contribution in [3.8, 4) is 0 Å². The number of fused-ring (bicyclic) bond motifs is 1. The van der Waals surface area contributed by atoms with Gasteiger partial charge in [-0.2, -0.15) is 0 Å². The van der Waals surface area contributed by atoms with Gasteiger partial charge in [0.1, 0.15) is 9.90 Å². The van der Waals surface area contributed by atoms with E-state index < -0.39 is 9.71 Å². The Bertz CT molecular complexity index is 1500. The molecule has 0 aliphatic heterocycles. The average Bonchev–Trinajstić information content (AvgIpc) is 3.57. The Morgan fingerprint density at radius 1 is 1.22 bits per heavy atom. The van der Waals surface area contributed by atoms with Gasteiger partial charge < -0.3 is 15.1 Å². The molecule has 2 atom stereocenters. The Morgan fingerprint density at radius 3 is 2.65 bits per heavy atom. The number of hydrogen-bond donors (Lipinski definition) is 2. The molecule has 0 saturated heterocycles. The first-order valence-electron chi connectivity index (χ1n) is 11.6. The molecule has 4 aromatic rings. The number of benzene rings is 2. The number of carbonyl (C=O) groups is 1. The number of H-pyrrole nitrogens is 1. The van der Waals surface area contributed by atoms with Crippen molar-refractivity contribution in [2.45, 2.75) is 22.1 Å². The Morgan fingerprint density at radius 2 is 1.97 bits per heavy atom. The SMILES string of the molecule is C=S(=O)(c1cccs1)N(C)c1cc(C)cc2cc(C(=O)N(C)CC(/C=N/O)SCc3ccccc3)[nH]c12. The highest BCUT2D eigenvalue weighted by atomic mass is 32.2. The second kappa shape index (κ2) is 11.5. The van der Waals surface area contributed by atoms with Crippen molar-refractivity contribution in [2.75, 3.05) is 24.9 Å². The van der Waals surface area contributed by atoms with E-state index in [9.17, 15) is 9.00 Å². The maximum atomic E-state index is 13.6. The van der Waals surface area contributed by atoms with E-state index in [0.717, 1.165) is 27.8 Å². The fourth-order valence-electron chi connectivity index (χ4n) is 4.03. The number of anilines is 1. The highest BCUT2D eigenvalue weighted by Gasteiger charge is 2.23. The van der Waals surface area contributed by atoms with Crippen molar-refractivity contribution in [1.82, 2.24) is 9.88 Å². The summed E-state index contributed by atoms with van der Waals surface area (Å²) in [5.74, 6) is 4.57. The number of nitrogens with zero attached hydrogens (tertiary/aromatic N) is 3. The minimum atomic E-state index is -2.74. The number of carbonyl (C=O) groups excluding carboxylic acids is 1. The Kier molecular flexibility index (Phi) is 8.31. The quantitative estimate of drug-likeness (QED) is 0.117. The normalized spacial score (nSPS) is 14.0. The molecule has 2 aromatic carbocycles. The molecule has 0 radical (unpaired) electrons. The number of hydrogen-bond acceptors (Lipinski definition) is 6. The molecule has 37 heavy (non-hydrogen) atoms. The van der Waals surface area contributed by atoms with Crippen LogP contribution in [0.25, 0.3) is 10.9 Å². The van der Waals surface area contributed by atoms with Gasteiger partial charge in [-0.05, 0) is 53.6 Å². The van der Waals surface area contributed by atoms with Gasteiger partial charge in [0, 0.05) is 31.8 Å². The van der Waals surface area contributed by atoms with Gasteiger partial charge in [0.05, 0.1) is 32.4 Å². The van der Waals surface area contributed by atoms with E-state index in [1.54, 1.807) is 35.1 Å². The molecule has 2 heterocycles. The minimum Gasteiger partial charge on any atom is -0.411 e. The van der Waals surface area contributed by atoms with E-state index in [1.165, 1.54) is 17.6 Å². The maximum Gasteiger partial charge on any atom is 0.270 e. The van der Waals surface area contributed by atoms with Crippen molar-refractivity contribution in [3.05, 3.63) is 82.9 Å². The van der Waals surface area contributed by atoms with Crippen LogP contribution in [0.5, 0.6) is 0 Å². The largest absolute Gasteiger partial charge is 0.411 e. The van der Waals surface area contributed by atoms with Crippen LogP contribution in [0.3, 0.4) is 0 Å². The van der Waals surface area contributed by atoms with Crippen LogP contribution in [0.2, 0.25) is 0 Å². The standard InChI is InChI=1S/C27H30N4O3S3/c1-19-13-21-15-23(29-26(21)24(14-19)31(3)37(4,34)25-11-8-12-35-25)27(32)30(2)17-22(16-28-33)36-18-20-9-6-5-7-10-20/h5-16,22,29,33H,4,17-18H2,1-3H3/b28-16+. The lowest BCUT2D eigenvalue weighted by molar-refractivity contribution is 0.0795. The first-order chi connectivity index (χ1) is 17.7. The first kappa shape index (κ1) is 26.8. The molecule has 4 rings (SSSR count). The summed E-state index contributed by atoms with van der Waals surface area (Å²) in [6.45, 7) is 2.34. The summed E-state index contributed by atoms with van der Waals surface area (Å²) in [6, 6.07) is 19.5. The third-order valence-corrected chi connectivity index (χ3v) is 10.8. The summed E-state index contributed by atoms with van der Waals surface area (Å²) >= 11 is 3.00. The van der Waals surface area contributed by atoms with E-state index in [-0.39, 0.29) is 11.2 Å². The molecule has 0 bridgehead atoms. The number of oxime groups is 1. The third kappa shape index (κ3) is 6.03. The molecule has 0 saturated carbocycles. The fraction of sp³-hybridized carbons (Fsp3) is 0.222. The molecular formula is C27H30N4O3S3. The van der Waals surface area contributed by atoms with Crippen LogP contribution in [-0.2, 0) is 15.5 Å². The lowest BCUT2D eigenvalue weighted by Gasteiger charge is -2.24. The molecule has 2 N–H and O–H groups in total. The van der Waals surface area contributed by atoms with Gasteiger partial charge in [-0.25, -0.2) is 4.21 Å². The third-order valence-electron chi connectivity index (χ3n) is 6.01. The van der Waals surface area contributed by atoms with Gasteiger partial charge in [0.25, 0.3) is 5.91 Å². The van der Waals surface area contributed by atoms with Crippen LogP contribution in [0.4, 0.5) is 5.69 Å². The molecule has 10 heteroatoms. The van der Waals surface area contributed by atoms with Crippen molar-refractivity contribution in [2.24, 2.45) is 5.16 Å². The Labute approximate surface area is 225 Å². The van der Waals surface area contributed by atoms with Gasteiger partial charge in [0.2, 0.25) is 0 Å². The molecular weight excluding hydrogens is 525 g/mol. The zero-order valence-corrected chi connectivity index (χ0v) is 23.4. The van der Waals surface area contributed by atoms with Gasteiger partial charge >= 0.3 is 0 Å². The summed E-state index contributed by atoms with van der Waals surface area (Å²) in [7, 11) is 0.753. The fourth-order valence-corrected chi connectivity index (χ4v) is 7.67. The van der Waals surface area contributed by atoms with E-state index in [2.05, 4.69) is 16.0 Å². The highest BCUT2D eigenvalue weighted by Crippen LogP contribution is 2.33. The number of aromatic amines is 1. The number of aromatic nitrogens is 1. The lowest BCUT2D eigenvalue weighted by Crippen LogP contribution is -2.34. The predicted molar refractivity (Wildman–Crippen MR) is 158 cm³/mol. The molecule has 194 valence electrons. The van der Waals surface area contributed by atoms with Crippen molar-refractivity contribution >= 4 is 67.4 Å². The molecule has 0 spiro atoms. The molecule has 0 aliphatic carbocycles. The van der Waals surface area contributed by atoms with Crippen LogP contribution in [0.1, 0.15) is 21.6 Å². The minimum absolute atomic E-state index is 0.186. The molecule has 0 aliphatic rings. The number of amides is 1.